The third-order valence-corrected chi connectivity index (χ3v) is 8.40. The van der Waals surface area contributed by atoms with Gasteiger partial charge in [-0.15, -0.1) is 4.73 Å². The van der Waals surface area contributed by atoms with Crippen molar-refractivity contribution in [2.75, 3.05) is 0 Å². The summed E-state index contributed by atoms with van der Waals surface area (Å²) in [6.07, 6.45) is 7.60. The highest BCUT2D eigenvalue weighted by Gasteiger charge is 2.39. The summed E-state index contributed by atoms with van der Waals surface area (Å²) in [7, 11) is 0. The van der Waals surface area contributed by atoms with E-state index in [9.17, 15) is 0 Å². The molecule has 0 spiro atoms. The van der Waals surface area contributed by atoms with E-state index >= 15 is 0 Å². The summed E-state index contributed by atoms with van der Waals surface area (Å²) in [6.45, 7) is 0. The molecular formula is C35H25BrN4O2S. The molecule has 3 aromatic heterocycles. The van der Waals surface area contributed by atoms with Gasteiger partial charge >= 0.3 is 0 Å². The molecule has 0 unspecified atom stereocenters. The second-order valence-corrected chi connectivity index (χ2v) is 11.6. The lowest BCUT2D eigenvalue weighted by Gasteiger charge is -2.36. The normalized spacial score (nSPS) is 11.6. The van der Waals surface area contributed by atoms with Gasteiger partial charge in [0.25, 0.3) is 0 Å². The first kappa shape index (κ1) is 27.2. The minimum atomic E-state index is -0.717. The summed E-state index contributed by atoms with van der Waals surface area (Å²) in [4.78, 5) is 11.3. The average Bonchev–Trinajstić information content (AvgIpc) is 3.69. The Balaban J connectivity index is 1.36. The summed E-state index contributed by atoms with van der Waals surface area (Å²) in [5.74, 6) is 0. The molecule has 3 heterocycles. The van der Waals surface area contributed by atoms with Gasteiger partial charge in [0.2, 0.25) is 0 Å². The van der Waals surface area contributed by atoms with E-state index in [0.29, 0.717) is 5.65 Å². The molecule has 210 valence electrons. The summed E-state index contributed by atoms with van der Waals surface area (Å²) in [5, 5.41) is 5.93. The lowest BCUT2D eigenvalue weighted by molar-refractivity contribution is -0.188. The fraction of sp³-hybridized carbons (Fsp3) is 0.0286. The molecule has 0 N–H and O–H groups in total. The van der Waals surface area contributed by atoms with Gasteiger partial charge in [-0.25, -0.2) is 9.97 Å². The molecule has 0 aliphatic rings. The molecule has 7 rings (SSSR count). The molecule has 4 aromatic carbocycles. The zero-order valence-electron chi connectivity index (χ0n) is 22.8. The fourth-order valence-electron chi connectivity index (χ4n) is 5.48. The van der Waals surface area contributed by atoms with E-state index < -0.39 is 5.54 Å². The number of rotatable bonds is 9. The molecule has 0 saturated heterocycles. The van der Waals surface area contributed by atoms with Gasteiger partial charge in [0.05, 0.1) is 24.4 Å². The van der Waals surface area contributed by atoms with Gasteiger partial charge < -0.3 is 0 Å². The van der Waals surface area contributed by atoms with Crippen molar-refractivity contribution < 1.29 is 9.32 Å². The maximum atomic E-state index is 5.72. The minimum Gasteiger partial charge on any atom is -0.252 e. The zero-order valence-corrected chi connectivity index (χ0v) is 25.2. The monoisotopic (exact) mass is 644 g/mol. The number of fused-ring (bicyclic) bond motifs is 1. The molecule has 43 heavy (non-hydrogen) atoms. The van der Waals surface area contributed by atoms with Gasteiger partial charge in [-0.2, -0.15) is 5.10 Å². The zero-order chi connectivity index (χ0) is 29.1. The van der Waals surface area contributed by atoms with Crippen molar-refractivity contribution in [3.05, 3.63) is 173 Å². The number of pyridine rings is 1. The molecule has 0 atom stereocenters. The molecular weight excluding hydrogens is 620 g/mol. The number of benzene rings is 4. The van der Waals surface area contributed by atoms with E-state index in [1.54, 1.807) is 10.9 Å². The lowest BCUT2D eigenvalue weighted by atomic mass is 9.77. The van der Waals surface area contributed by atoms with Crippen LogP contribution < -0.4 is 4.99 Å². The predicted octanol–water partition coefficient (Wildman–Crippen LogP) is 8.57. The number of hydrogen-bond acceptors (Lipinski definition) is 5. The molecule has 8 heteroatoms. The van der Waals surface area contributed by atoms with Crippen molar-refractivity contribution >= 4 is 39.0 Å². The van der Waals surface area contributed by atoms with Gasteiger partial charge in [-0.05, 0) is 50.8 Å². The minimum absolute atomic E-state index is 0.625. The van der Waals surface area contributed by atoms with E-state index in [2.05, 4.69) is 105 Å². The van der Waals surface area contributed by atoms with Crippen LogP contribution in [0.1, 0.15) is 16.7 Å². The molecule has 7 aromatic rings. The van der Waals surface area contributed by atoms with Crippen molar-refractivity contribution in [3.63, 3.8) is 0 Å². The van der Waals surface area contributed by atoms with Crippen LogP contribution >= 0.6 is 28.0 Å². The van der Waals surface area contributed by atoms with E-state index in [1.165, 1.54) is 0 Å². The Bertz CT molecular complexity index is 1870. The molecule has 0 fully saturated rings. The van der Waals surface area contributed by atoms with Crippen LogP contribution in [0.5, 0.6) is 0 Å². The van der Waals surface area contributed by atoms with Gasteiger partial charge in [-0.1, -0.05) is 114 Å². The average molecular weight is 646 g/mol. The molecule has 0 aliphatic carbocycles. The number of nitrogens with zero attached hydrogens (tertiary/aromatic N) is 4. The Morgan fingerprint density at radius 2 is 1.23 bits per heavy atom. The maximum absolute atomic E-state index is 5.72. The van der Waals surface area contributed by atoms with Crippen LogP contribution in [0.2, 0.25) is 0 Å². The standard InChI is InChI=1S/C35H25BrN4O2S/c36-30-21-32-33(25-39(34(32)37-23-30)41-42-43-31-19-11-4-12-20-31)26-22-38-40(24-26)35(27-13-5-1-6-14-27,28-15-7-2-8-16-28)29-17-9-3-10-18-29/h1-25H. The molecule has 0 radical (unpaired) electrons. The first-order valence-corrected chi connectivity index (χ1v) is 15.2. The van der Waals surface area contributed by atoms with Crippen molar-refractivity contribution in [1.29, 1.82) is 0 Å². The SMILES string of the molecule is Brc1cnc2c(c1)c(-c1cnn(C(c3ccccc3)(c3ccccc3)c3ccccc3)c1)cn2OOSc1ccccc1. The first-order chi connectivity index (χ1) is 21.2. The highest BCUT2D eigenvalue weighted by molar-refractivity contribution is 9.10. The van der Waals surface area contributed by atoms with Crippen LogP contribution in [0.3, 0.4) is 0 Å². The van der Waals surface area contributed by atoms with E-state index in [4.69, 9.17) is 14.4 Å². The molecule has 6 nitrogen and oxygen atoms in total. The largest absolute Gasteiger partial charge is 0.252 e. The quantitative estimate of drug-likeness (QED) is 0.0682. The topological polar surface area (TPSA) is 54.1 Å². The molecule has 0 amide bonds. The van der Waals surface area contributed by atoms with Gasteiger partial charge in [-0.3, -0.25) is 4.68 Å². The fourth-order valence-corrected chi connectivity index (χ4v) is 6.26. The summed E-state index contributed by atoms with van der Waals surface area (Å²) in [5.41, 5.74) is 5.03. The smallest absolute Gasteiger partial charge is 0.179 e. The van der Waals surface area contributed by atoms with Crippen LogP contribution in [-0.2, 0) is 9.87 Å². The van der Waals surface area contributed by atoms with Gasteiger partial charge in [0.15, 0.2) is 5.65 Å². The first-order valence-electron chi connectivity index (χ1n) is 13.7. The number of halogens is 1. The number of aromatic nitrogens is 4. The van der Waals surface area contributed by atoms with E-state index in [0.717, 1.165) is 54.6 Å². The van der Waals surface area contributed by atoms with Gasteiger partial charge in [0, 0.05) is 38.3 Å². The molecule has 0 bridgehead atoms. The highest BCUT2D eigenvalue weighted by atomic mass is 79.9. The Kier molecular flexibility index (Phi) is 7.55. The van der Waals surface area contributed by atoms with Crippen molar-refractivity contribution in [2.24, 2.45) is 0 Å². The third-order valence-electron chi connectivity index (χ3n) is 7.37. The van der Waals surface area contributed by atoms with Crippen molar-refractivity contribution in [1.82, 2.24) is 19.5 Å². The van der Waals surface area contributed by atoms with Crippen LogP contribution in [0.15, 0.2) is 162 Å². The Morgan fingerprint density at radius 1 is 0.674 bits per heavy atom. The van der Waals surface area contributed by atoms with Crippen molar-refractivity contribution in [3.8, 4) is 11.1 Å². The Morgan fingerprint density at radius 3 is 1.81 bits per heavy atom. The molecule has 0 aliphatic heterocycles. The van der Waals surface area contributed by atoms with Crippen LogP contribution in [0.4, 0.5) is 0 Å². The summed E-state index contributed by atoms with van der Waals surface area (Å²) >= 11 is 4.73. The Hall–Kier alpha value is -4.63. The van der Waals surface area contributed by atoms with Crippen molar-refractivity contribution in [2.45, 2.75) is 10.4 Å². The second-order valence-electron chi connectivity index (χ2n) is 9.91. The van der Waals surface area contributed by atoms with Crippen LogP contribution in [-0.4, -0.2) is 19.5 Å². The van der Waals surface area contributed by atoms with Gasteiger partial charge in [0.1, 0.15) is 5.54 Å². The second kappa shape index (κ2) is 11.9. The predicted molar refractivity (Wildman–Crippen MR) is 173 cm³/mol. The summed E-state index contributed by atoms with van der Waals surface area (Å²) < 4.78 is 9.99. The number of hydrogen-bond donors (Lipinski definition) is 0. The highest BCUT2D eigenvalue weighted by Crippen LogP contribution is 2.41. The van der Waals surface area contributed by atoms with E-state index in [1.807, 2.05) is 67.0 Å². The molecule has 0 saturated carbocycles. The third kappa shape index (κ3) is 5.14. The van der Waals surface area contributed by atoms with E-state index in [-0.39, 0.29) is 0 Å². The Labute approximate surface area is 261 Å². The van der Waals surface area contributed by atoms with Crippen LogP contribution in [0.25, 0.3) is 22.2 Å². The lowest BCUT2D eigenvalue weighted by Crippen LogP contribution is -2.38. The maximum Gasteiger partial charge on any atom is 0.179 e. The van der Waals surface area contributed by atoms with Crippen LogP contribution in [0, 0.1) is 0 Å². The summed E-state index contributed by atoms with van der Waals surface area (Å²) in [6, 6.07) is 43.3.